The summed E-state index contributed by atoms with van der Waals surface area (Å²) in [5.41, 5.74) is 1.33. The number of hydrogen-bond donors (Lipinski definition) is 2. The number of thiocarbonyl (C=S) groups is 1. The van der Waals surface area contributed by atoms with E-state index in [4.69, 9.17) is 12.2 Å². The van der Waals surface area contributed by atoms with Gasteiger partial charge >= 0.3 is 0 Å². The molecule has 0 radical (unpaired) electrons. The molecule has 1 unspecified atom stereocenters. The summed E-state index contributed by atoms with van der Waals surface area (Å²) in [7, 11) is 0. The minimum Gasteiger partial charge on any atom is -0.316 e. The fraction of sp³-hybridized carbons (Fsp3) is 0.562. The van der Waals surface area contributed by atoms with Crippen LogP contribution in [0.4, 0.5) is 0 Å². The van der Waals surface area contributed by atoms with E-state index in [1.54, 1.807) is 4.90 Å². The monoisotopic (exact) mass is 290 g/mol. The summed E-state index contributed by atoms with van der Waals surface area (Å²) >= 11 is 5.48. The zero-order valence-corrected chi connectivity index (χ0v) is 12.8. The lowest BCUT2D eigenvalue weighted by atomic mass is 9.94. The Morgan fingerprint density at radius 2 is 1.90 bits per heavy atom. The molecule has 1 aliphatic heterocycles. The van der Waals surface area contributed by atoms with E-state index >= 15 is 0 Å². The summed E-state index contributed by atoms with van der Waals surface area (Å²) < 4.78 is 0. The van der Waals surface area contributed by atoms with Gasteiger partial charge in [-0.05, 0) is 43.5 Å². The number of rotatable bonds is 3. The Morgan fingerprint density at radius 1 is 1.15 bits per heavy atom. The van der Waals surface area contributed by atoms with Crippen LogP contribution in [0.15, 0.2) is 30.3 Å². The van der Waals surface area contributed by atoms with Gasteiger partial charge in [0.2, 0.25) is 0 Å². The second kappa shape index (κ2) is 6.55. The predicted octanol–water partition coefficient (Wildman–Crippen LogP) is 1.51. The molecule has 0 aromatic heterocycles. The molecule has 3 rings (SSSR count). The molecule has 1 aliphatic carbocycles. The highest BCUT2D eigenvalue weighted by Gasteiger charge is 2.30. The molecule has 108 valence electrons. The van der Waals surface area contributed by atoms with E-state index in [0.29, 0.717) is 0 Å². The number of benzene rings is 1. The maximum absolute atomic E-state index is 5.48. The Kier molecular flexibility index (Phi) is 4.53. The molecular weight excluding hydrogens is 266 g/mol. The van der Waals surface area contributed by atoms with E-state index in [9.17, 15) is 0 Å². The number of nitrogens with one attached hydrogen (secondary N) is 2. The molecule has 1 aromatic carbocycles. The smallest absolute Gasteiger partial charge is 0.177 e. The first-order valence-electron chi connectivity index (χ1n) is 7.74. The predicted molar refractivity (Wildman–Crippen MR) is 85.3 cm³/mol. The Bertz CT molecular complexity index is 442. The highest BCUT2D eigenvalue weighted by Crippen LogP contribution is 2.16. The van der Waals surface area contributed by atoms with Crippen molar-refractivity contribution >= 4 is 17.3 Å². The molecule has 2 aliphatic rings. The lowest BCUT2D eigenvalue weighted by Gasteiger charge is -2.40. The van der Waals surface area contributed by atoms with Gasteiger partial charge in [0.15, 0.2) is 18.4 Å². The van der Waals surface area contributed by atoms with Gasteiger partial charge in [-0.15, -0.1) is 0 Å². The number of nitrogens with zero attached hydrogens (tertiary/aromatic N) is 1. The van der Waals surface area contributed by atoms with Crippen LogP contribution in [0.2, 0.25) is 0 Å². The second-order valence-electron chi connectivity index (χ2n) is 5.99. The molecule has 1 aromatic rings. The van der Waals surface area contributed by atoms with E-state index in [1.165, 1.54) is 37.7 Å². The van der Waals surface area contributed by atoms with Crippen LogP contribution in [0.1, 0.15) is 37.7 Å². The summed E-state index contributed by atoms with van der Waals surface area (Å²) in [5, 5.41) is 4.33. The summed E-state index contributed by atoms with van der Waals surface area (Å²) in [4.78, 5) is 3.98. The summed E-state index contributed by atoms with van der Waals surface area (Å²) in [6, 6.07) is 11.4. The van der Waals surface area contributed by atoms with E-state index in [-0.39, 0.29) is 0 Å². The highest BCUT2D eigenvalue weighted by atomic mass is 32.1. The maximum atomic E-state index is 5.48. The fourth-order valence-electron chi connectivity index (χ4n) is 3.39. The molecule has 4 heteroatoms. The van der Waals surface area contributed by atoms with Crippen molar-refractivity contribution in [1.82, 2.24) is 10.2 Å². The third-order valence-corrected chi connectivity index (χ3v) is 4.95. The molecular formula is C16H24N3S+. The van der Waals surface area contributed by atoms with Crippen LogP contribution in [0.5, 0.6) is 0 Å². The zero-order valence-electron chi connectivity index (χ0n) is 12.0. The molecule has 3 nitrogen and oxygen atoms in total. The van der Waals surface area contributed by atoms with Gasteiger partial charge in [-0.25, -0.2) is 0 Å². The zero-order chi connectivity index (χ0) is 13.8. The Balaban J connectivity index is 1.62. The summed E-state index contributed by atoms with van der Waals surface area (Å²) in [6.45, 7) is 2.96. The lowest BCUT2D eigenvalue weighted by molar-refractivity contribution is -0.940. The first-order chi connectivity index (χ1) is 9.83. The molecule has 2 fully saturated rings. The van der Waals surface area contributed by atoms with Crippen molar-refractivity contribution in [3.8, 4) is 0 Å². The van der Waals surface area contributed by atoms with E-state index in [1.807, 2.05) is 0 Å². The van der Waals surface area contributed by atoms with Crippen molar-refractivity contribution in [3.63, 3.8) is 0 Å². The van der Waals surface area contributed by atoms with Crippen molar-refractivity contribution < 1.29 is 4.90 Å². The molecule has 1 saturated carbocycles. The minimum absolute atomic E-state index is 0.817. The van der Waals surface area contributed by atoms with E-state index in [2.05, 4.69) is 40.5 Å². The topological polar surface area (TPSA) is 19.7 Å². The molecule has 0 spiro atoms. The average Bonchev–Trinajstić information content (AvgIpc) is 2.51. The summed E-state index contributed by atoms with van der Waals surface area (Å²) in [6.07, 6.45) is 6.98. The normalized spacial score (nSPS) is 24.5. The van der Waals surface area contributed by atoms with Crippen LogP contribution in [0.3, 0.4) is 0 Å². The van der Waals surface area contributed by atoms with Crippen molar-refractivity contribution in [1.29, 1.82) is 0 Å². The minimum atomic E-state index is 0.817. The van der Waals surface area contributed by atoms with Gasteiger partial charge in [0, 0.05) is 0 Å². The third-order valence-electron chi connectivity index (χ3n) is 4.55. The van der Waals surface area contributed by atoms with Crippen LogP contribution in [0.25, 0.3) is 0 Å². The standard InChI is InChI=1S/C16H23N3S/c20-16-17-12-19(15-9-5-2-6-10-15)13-18(16)11-14-7-3-1-4-8-14/h1,3-4,7-8,15H,2,5-6,9-13H2,(H,17,20)/p+1. The Labute approximate surface area is 126 Å². The van der Waals surface area contributed by atoms with Gasteiger partial charge in [-0.1, -0.05) is 36.8 Å². The quantitative estimate of drug-likeness (QED) is 0.823. The van der Waals surface area contributed by atoms with E-state index in [0.717, 1.165) is 31.0 Å². The molecule has 1 heterocycles. The largest absolute Gasteiger partial charge is 0.316 e. The van der Waals surface area contributed by atoms with Gasteiger partial charge in [0.05, 0.1) is 12.6 Å². The van der Waals surface area contributed by atoms with Gasteiger partial charge in [0.25, 0.3) is 0 Å². The summed E-state index contributed by atoms with van der Waals surface area (Å²) in [5.74, 6) is 0. The van der Waals surface area contributed by atoms with Crippen molar-refractivity contribution in [3.05, 3.63) is 35.9 Å². The van der Waals surface area contributed by atoms with Crippen LogP contribution in [-0.4, -0.2) is 29.4 Å². The molecule has 1 saturated heterocycles. The van der Waals surface area contributed by atoms with Gasteiger partial charge < -0.3 is 5.32 Å². The second-order valence-corrected chi connectivity index (χ2v) is 6.38. The molecule has 0 bridgehead atoms. The maximum Gasteiger partial charge on any atom is 0.177 e. The van der Waals surface area contributed by atoms with Gasteiger partial charge in [0.1, 0.15) is 0 Å². The van der Waals surface area contributed by atoms with E-state index < -0.39 is 0 Å². The highest BCUT2D eigenvalue weighted by molar-refractivity contribution is 7.80. The van der Waals surface area contributed by atoms with Gasteiger partial charge in [-0.2, -0.15) is 0 Å². The Morgan fingerprint density at radius 3 is 2.65 bits per heavy atom. The van der Waals surface area contributed by atoms with Crippen molar-refractivity contribution in [2.45, 2.75) is 44.7 Å². The molecule has 1 atom stereocenters. The fourth-order valence-corrected chi connectivity index (χ4v) is 3.59. The SMILES string of the molecule is S=C1NC[NH+](C2CCCCC2)CN1Cc1ccccc1. The average molecular weight is 290 g/mol. The van der Waals surface area contributed by atoms with Gasteiger partial charge in [-0.3, -0.25) is 9.80 Å². The third kappa shape index (κ3) is 3.30. The molecule has 2 N–H and O–H groups in total. The first kappa shape index (κ1) is 13.8. The van der Waals surface area contributed by atoms with Crippen molar-refractivity contribution in [2.24, 2.45) is 0 Å². The van der Waals surface area contributed by atoms with Crippen molar-refractivity contribution in [2.75, 3.05) is 13.3 Å². The molecule has 0 amide bonds. The number of hydrogen-bond acceptors (Lipinski definition) is 1. The first-order valence-corrected chi connectivity index (χ1v) is 8.15. The van der Waals surface area contributed by atoms with Crippen LogP contribution < -0.4 is 10.2 Å². The van der Waals surface area contributed by atoms with Crippen LogP contribution >= 0.6 is 12.2 Å². The lowest BCUT2D eigenvalue weighted by Crippen LogP contribution is -3.20. The van der Waals surface area contributed by atoms with Crippen LogP contribution in [0, 0.1) is 0 Å². The Hall–Kier alpha value is -1.13. The van der Waals surface area contributed by atoms with Crippen LogP contribution in [-0.2, 0) is 6.54 Å². The molecule has 20 heavy (non-hydrogen) atoms. The number of quaternary nitrogens is 1.